The molecule has 1 aromatic carbocycles. The maximum atomic E-state index is 11.4. The molecule has 1 aromatic rings. The average molecular weight is 247 g/mol. The molecule has 4 heteroatoms. The SMILES string of the molecule is CC1CCc2ccccc2N1CC(C)(N)C(N)=O. The van der Waals surface area contributed by atoms with Gasteiger partial charge in [0.25, 0.3) is 0 Å². The van der Waals surface area contributed by atoms with Crippen molar-refractivity contribution in [3.8, 4) is 0 Å². The molecule has 2 atom stereocenters. The Bertz CT molecular complexity index is 456. The highest BCUT2D eigenvalue weighted by molar-refractivity contribution is 5.84. The lowest BCUT2D eigenvalue weighted by atomic mass is 9.93. The summed E-state index contributed by atoms with van der Waals surface area (Å²) in [5, 5.41) is 0. The number of benzene rings is 1. The number of carbonyl (C=O) groups is 1. The number of amides is 1. The van der Waals surface area contributed by atoms with E-state index in [1.54, 1.807) is 6.92 Å². The highest BCUT2D eigenvalue weighted by atomic mass is 16.1. The van der Waals surface area contributed by atoms with Gasteiger partial charge in [-0.2, -0.15) is 0 Å². The molecule has 18 heavy (non-hydrogen) atoms. The van der Waals surface area contributed by atoms with Crippen LogP contribution in [0.15, 0.2) is 24.3 Å². The summed E-state index contributed by atoms with van der Waals surface area (Å²) in [6.07, 6.45) is 2.15. The molecule has 1 amide bonds. The minimum atomic E-state index is -1.00. The molecule has 4 nitrogen and oxygen atoms in total. The highest BCUT2D eigenvalue weighted by Crippen LogP contribution is 2.31. The summed E-state index contributed by atoms with van der Waals surface area (Å²) < 4.78 is 0. The van der Waals surface area contributed by atoms with Gasteiger partial charge in [0.1, 0.15) is 5.54 Å². The van der Waals surface area contributed by atoms with Gasteiger partial charge < -0.3 is 16.4 Å². The van der Waals surface area contributed by atoms with Crippen LogP contribution in [0.4, 0.5) is 5.69 Å². The second kappa shape index (κ2) is 4.61. The highest BCUT2D eigenvalue weighted by Gasteiger charge is 2.32. The van der Waals surface area contributed by atoms with Gasteiger partial charge in [-0.15, -0.1) is 0 Å². The van der Waals surface area contributed by atoms with Gasteiger partial charge in [-0.25, -0.2) is 0 Å². The van der Waals surface area contributed by atoms with Crippen molar-refractivity contribution in [2.45, 2.75) is 38.3 Å². The van der Waals surface area contributed by atoms with Crippen molar-refractivity contribution in [2.75, 3.05) is 11.4 Å². The largest absolute Gasteiger partial charge is 0.368 e. The minimum absolute atomic E-state index is 0.377. The van der Waals surface area contributed by atoms with Crippen molar-refractivity contribution in [3.05, 3.63) is 29.8 Å². The molecule has 0 saturated carbocycles. The number of nitrogens with zero attached hydrogens (tertiary/aromatic N) is 1. The van der Waals surface area contributed by atoms with E-state index < -0.39 is 11.4 Å². The van der Waals surface area contributed by atoms with E-state index in [0.717, 1.165) is 12.8 Å². The predicted molar refractivity (Wildman–Crippen MR) is 73.4 cm³/mol. The molecule has 2 unspecified atom stereocenters. The summed E-state index contributed by atoms with van der Waals surface area (Å²) in [6, 6.07) is 8.65. The fourth-order valence-corrected chi connectivity index (χ4v) is 2.43. The van der Waals surface area contributed by atoms with Crippen molar-refractivity contribution < 1.29 is 4.79 Å². The van der Waals surface area contributed by atoms with Crippen molar-refractivity contribution in [1.29, 1.82) is 0 Å². The second-order valence-corrected chi connectivity index (χ2v) is 5.43. The van der Waals surface area contributed by atoms with Gasteiger partial charge >= 0.3 is 0 Å². The lowest BCUT2D eigenvalue weighted by Crippen LogP contribution is -2.59. The molecule has 1 aliphatic heterocycles. The third-order valence-corrected chi connectivity index (χ3v) is 3.73. The number of hydrogen-bond donors (Lipinski definition) is 2. The van der Waals surface area contributed by atoms with E-state index >= 15 is 0 Å². The molecule has 1 aliphatic rings. The number of para-hydroxylation sites is 1. The third-order valence-electron chi connectivity index (χ3n) is 3.73. The van der Waals surface area contributed by atoms with E-state index in [-0.39, 0.29) is 0 Å². The Labute approximate surface area is 108 Å². The lowest BCUT2D eigenvalue weighted by Gasteiger charge is -2.40. The van der Waals surface area contributed by atoms with Crippen LogP contribution in [-0.2, 0) is 11.2 Å². The normalized spacial score (nSPS) is 22.2. The molecule has 0 fully saturated rings. The van der Waals surface area contributed by atoms with Crippen LogP contribution in [0.25, 0.3) is 0 Å². The fourth-order valence-electron chi connectivity index (χ4n) is 2.43. The summed E-state index contributed by atoms with van der Waals surface area (Å²) in [5.41, 5.74) is 12.8. The zero-order valence-corrected chi connectivity index (χ0v) is 11.0. The first-order chi connectivity index (χ1) is 8.42. The van der Waals surface area contributed by atoms with Crippen LogP contribution >= 0.6 is 0 Å². The Morgan fingerprint density at radius 2 is 2.17 bits per heavy atom. The zero-order valence-electron chi connectivity index (χ0n) is 11.0. The van der Waals surface area contributed by atoms with Crippen LogP contribution < -0.4 is 16.4 Å². The lowest BCUT2D eigenvalue weighted by molar-refractivity contribution is -0.122. The molecule has 2 rings (SSSR count). The van der Waals surface area contributed by atoms with Crippen LogP contribution in [-0.4, -0.2) is 24.0 Å². The van der Waals surface area contributed by atoms with E-state index in [9.17, 15) is 4.79 Å². The first-order valence-electron chi connectivity index (χ1n) is 6.35. The maximum absolute atomic E-state index is 11.4. The van der Waals surface area contributed by atoms with E-state index in [0.29, 0.717) is 12.6 Å². The molecule has 0 bridgehead atoms. The number of hydrogen-bond acceptors (Lipinski definition) is 3. The maximum Gasteiger partial charge on any atom is 0.239 e. The van der Waals surface area contributed by atoms with Gasteiger partial charge in [-0.3, -0.25) is 4.79 Å². The van der Waals surface area contributed by atoms with Crippen molar-refractivity contribution in [2.24, 2.45) is 11.5 Å². The number of primary amides is 1. The molecule has 0 aliphatic carbocycles. The molecule has 0 saturated heterocycles. The fraction of sp³-hybridized carbons (Fsp3) is 0.500. The number of fused-ring (bicyclic) bond motifs is 1. The Balaban J connectivity index is 2.30. The van der Waals surface area contributed by atoms with Gasteiger partial charge in [-0.1, -0.05) is 18.2 Å². The number of carbonyl (C=O) groups excluding carboxylic acids is 1. The topological polar surface area (TPSA) is 72.3 Å². The number of anilines is 1. The third kappa shape index (κ3) is 2.34. The van der Waals surface area contributed by atoms with Gasteiger partial charge in [0.15, 0.2) is 0 Å². The molecule has 4 N–H and O–H groups in total. The Hall–Kier alpha value is -1.55. The van der Waals surface area contributed by atoms with Crippen LogP contribution in [0.1, 0.15) is 25.8 Å². The van der Waals surface area contributed by atoms with Crippen LogP contribution in [0.2, 0.25) is 0 Å². The first kappa shape index (κ1) is 12.9. The van der Waals surface area contributed by atoms with E-state index in [2.05, 4.69) is 24.0 Å². The van der Waals surface area contributed by atoms with E-state index in [1.807, 2.05) is 12.1 Å². The van der Waals surface area contributed by atoms with Crippen LogP contribution in [0, 0.1) is 0 Å². The number of rotatable bonds is 3. The van der Waals surface area contributed by atoms with E-state index in [4.69, 9.17) is 11.5 Å². The molecular weight excluding hydrogens is 226 g/mol. The van der Waals surface area contributed by atoms with Gasteiger partial charge in [-0.05, 0) is 38.3 Å². The molecular formula is C14H21N3O. The molecule has 1 heterocycles. The Kier molecular flexibility index (Phi) is 3.30. The number of nitrogens with two attached hydrogens (primary N) is 2. The van der Waals surface area contributed by atoms with Crippen molar-refractivity contribution >= 4 is 11.6 Å². The quantitative estimate of drug-likeness (QED) is 0.838. The van der Waals surface area contributed by atoms with Gasteiger partial charge in [0.2, 0.25) is 5.91 Å². The first-order valence-corrected chi connectivity index (χ1v) is 6.35. The summed E-state index contributed by atoms with van der Waals surface area (Å²) in [7, 11) is 0. The molecule has 0 aromatic heterocycles. The summed E-state index contributed by atoms with van der Waals surface area (Å²) in [6.45, 7) is 4.31. The van der Waals surface area contributed by atoms with Crippen LogP contribution in [0.5, 0.6) is 0 Å². The van der Waals surface area contributed by atoms with Crippen molar-refractivity contribution in [1.82, 2.24) is 0 Å². The number of aryl methyl sites for hydroxylation is 1. The smallest absolute Gasteiger partial charge is 0.239 e. The van der Waals surface area contributed by atoms with Gasteiger partial charge in [0, 0.05) is 18.3 Å². The standard InChI is InChI=1S/C14H21N3O/c1-10-7-8-11-5-3-4-6-12(11)17(10)9-14(2,16)13(15)18/h3-6,10H,7-9,16H2,1-2H3,(H2,15,18). The minimum Gasteiger partial charge on any atom is -0.368 e. The van der Waals surface area contributed by atoms with Gasteiger partial charge in [0.05, 0.1) is 0 Å². The monoisotopic (exact) mass is 247 g/mol. The molecule has 0 radical (unpaired) electrons. The average Bonchev–Trinajstić information content (AvgIpc) is 2.32. The van der Waals surface area contributed by atoms with Crippen LogP contribution in [0.3, 0.4) is 0 Å². The second-order valence-electron chi connectivity index (χ2n) is 5.43. The Morgan fingerprint density at radius 3 is 2.83 bits per heavy atom. The summed E-state index contributed by atoms with van der Waals surface area (Å²) in [4.78, 5) is 13.6. The van der Waals surface area contributed by atoms with E-state index in [1.165, 1.54) is 11.3 Å². The molecule has 0 spiro atoms. The predicted octanol–water partition coefficient (Wildman–Crippen LogP) is 1.03. The summed E-state index contributed by atoms with van der Waals surface area (Å²) >= 11 is 0. The summed E-state index contributed by atoms with van der Waals surface area (Å²) in [5.74, 6) is -0.460. The Morgan fingerprint density at radius 1 is 1.50 bits per heavy atom. The molecule has 98 valence electrons. The van der Waals surface area contributed by atoms with Crippen molar-refractivity contribution in [3.63, 3.8) is 0 Å². The zero-order chi connectivity index (χ0) is 13.3.